The number of benzene rings is 1. The number of rotatable bonds is 3. The van der Waals surface area contributed by atoms with Gasteiger partial charge in [0.25, 0.3) is 0 Å². The van der Waals surface area contributed by atoms with Crippen LogP contribution in [0.1, 0.15) is 11.3 Å². The van der Waals surface area contributed by atoms with Crippen LogP contribution >= 0.6 is 11.6 Å². The molecule has 0 saturated heterocycles. The zero-order chi connectivity index (χ0) is 17.4. The van der Waals surface area contributed by atoms with Crippen molar-refractivity contribution in [2.75, 3.05) is 5.73 Å². The lowest BCUT2D eigenvalue weighted by molar-refractivity contribution is 1.11. The second kappa shape index (κ2) is 6.22. The summed E-state index contributed by atoms with van der Waals surface area (Å²) >= 11 is 5.93. The standard InChI is InChI=1S/C20H17ClN4/c1-13-9-18-15(12-24-13)10-19(17-3-2-8-23-20(17)22)25(18)16-6-4-14(11-21)5-7-16/h2-10,12H,11H2,1H3,(H2,22,23). The molecule has 0 aliphatic heterocycles. The summed E-state index contributed by atoms with van der Waals surface area (Å²) in [6.45, 7) is 1.99. The first-order valence-corrected chi connectivity index (χ1v) is 8.55. The van der Waals surface area contributed by atoms with Crippen molar-refractivity contribution in [2.45, 2.75) is 12.8 Å². The van der Waals surface area contributed by atoms with Crippen LogP contribution in [0.5, 0.6) is 0 Å². The van der Waals surface area contributed by atoms with E-state index in [0.29, 0.717) is 11.7 Å². The zero-order valence-corrected chi connectivity index (χ0v) is 14.5. The highest BCUT2D eigenvalue weighted by Crippen LogP contribution is 2.33. The van der Waals surface area contributed by atoms with Gasteiger partial charge in [-0.15, -0.1) is 11.6 Å². The van der Waals surface area contributed by atoms with E-state index in [1.165, 1.54) is 0 Å². The van der Waals surface area contributed by atoms with E-state index in [1.54, 1.807) is 6.20 Å². The molecule has 4 nitrogen and oxygen atoms in total. The fraction of sp³-hybridized carbons (Fsp3) is 0.100. The molecule has 0 fully saturated rings. The summed E-state index contributed by atoms with van der Waals surface area (Å²) in [5, 5.41) is 1.06. The van der Waals surface area contributed by atoms with Crippen molar-refractivity contribution in [1.82, 2.24) is 14.5 Å². The lowest BCUT2D eigenvalue weighted by Crippen LogP contribution is -2.00. The van der Waals surface area contributed by atoms with Gasteiger partial charge < -0.3 is 10.3 Å². The number of alkyl halides is 1. The van der Waals surface area contributed by atoms with Crippen molar-refractivity contribution in [2.24, 2.45) is 0 Å². The lowest BCUT2D eigenvalue weighted by atomic mass is 10.1. The molecule has 2 N–H and O–H groups in total. The lowest BCUT2D eigenvalue weighted by Gasteiger charge is -2.13. The molecule has 3 aromatic heterocycles. The number of nitrogen functional groups attached to an aromatic ring is 1. The van der Waals surface area contributed by atoms with Crippen molar-refractivity contribution >= 4 is 28.3 Å². The van der Waals surface area contributed by atoms with Gasteiger partial charge in [0.15, 0.2) is 0 Å². The van der Waals surface area contributed by atoms with E-state index < -0.39 is 0 Å². The molecule has 0 spiro atoms. The molecule has 0 aliphatic carbocycles. The monoisotopic (exact) mass is 348 g/mol. The van der Waals surface area contributed by atoms with Crippen molar-refractivity contribution in [3.63, 3.8) is 0 Å². The van der Waals surface area contributed by atoms with Crippen LogP contribution < -0.4 is 5.73 Å². The van der Waals surface area contributed by atoms with Crippen molar-refractivity contribution in [1.29, 1.82) is 0 Å². The second-order valence-corrected chi connectivity index (χ2v) is 6.25. The molecule has 1 aromatic carbocycles. The van der Waals surface area contributed by atoms with Crippen LogP contribution in [0.3, 0.4) is 0 Å². The Bertz CT molecular complexity index is 1050. The number of anilines is 1. The predicted octanol–water partition coefficient (Wildman–Crippen LogP) is 4.72. The molecule has 4 aromatic rings. The highest BCUT2D eigenvalue weighted by molar-refractivity contribution is 6.17. The van der Waals surface area contributed by atoms with Gasteiger partial charge in [-0.3, -0.25) is 4.98 Å². The van der Waals surface area contributed by atoms with Crippen LogP contribution in [0, 0.1) is 6.92 Å². The number of hydrogen-bond acceptors (Lipinski definition) is 3. The first-order valence-electron chi connectivity index (χ1n) is 8.01. The van der Waals surface area contributed by atoms with Gasteiger partial charge in [-0.25, -0.2) is 4.98 Å². The minimum absolute atomic E-state index is 0.498. The highest BCUT2D eigenvalue weighted by atomic mass is 35.5. The first kappa shape index (κ1) is 15.7. The van der Waals surface area contributed by atoms with E-state index in [9.17, 15) is 0 Å². The Kier molecular flexibility index (Phi) is 3.90. The van der Waals surface area contributed by atoms with E-state index in [2.05, 4.69) is 38.8 Å². The summed E-state index contributed by atoms with van der Waals surface area (Å²) in [6, 6.07) is 16.3. The average molecular weight is 349 g/mol. The third-order valence-corrected chi connectivity index (χ3v) is 4.59. The number of aryl methyl sites for hydroxylation is 1. The van der Waals surface area contributed by atoms with Crippen molar-refractivity contribution in [3.05, 3.63) is 72.2 Å². The highest BCUT2D eigenvalue weighted by Gasteiger charge is 2.15. The van der Waals surface area contributed by atoms with Crippen molar-refractivity contribution < 1.29 is 0 Å². The summed E-state index contributed by atoms with van der Waals surface area (Å²) in [6.07, 6.45) is 3.59. The molecule has 0 saturated carbocycles. The molecule has 0 aliphatic rings. The molecule has 124 valence electrons. The van der Waals surface area contributed by atoms with Crippen LogP contribution in [0.2, 0.25) is 0 Å². The summed E-state index contributed by atoms with van der Waals surface area (Å²) in [5.74, 6) is 1.01. The van der Waals surface area contributed by atoms with Crippen molar-refractivity contribution in [3.8, 4) is 16.9 Å². The zero-order valence-electron chi connectivity index (χ0n) is 13.8. The molecule has 0 amide bonds. The Morgan fingerprint density at radius 1 is 1.08 bits per heavy atom. The Labute approximate surface area is 150 Å². The van der Waals surface area contributed by atoms with E-state index in [-0.39, 0.29) is 0 Å². The largest absolute Gasteiger partial charge is 0.383 e. The smallest absolute Gasteiger partial charge is 0.132 e. The van der Waals surface area contributed by atoms with Gasteiger partial charge in [-0.1, -0.05) is 12.1 Å². The summed E-state index contributed by atoms with van der Waals surface area (Å²) in [7, 11) is 0. The molecule has 0 unspecified atom stereocenters. The minimum atomic E-state index is 0.498. The fourth-order valence-corrected chi connectivity index (χ4v) is 3.23. The number of nitrogens with two attached hydrogens (primary N) is 1. The van der Waals surface area contributed by atoms with Gasteiger partial charge in [0.1, 0.15) is 5.82 Å². The quantitative estimate of drug-likeness (QED) is 0.545. The maximum Gasteiger partial charge on any atom is 0.132 e. The Balaban J connectivity index is 2.03. The summed E-state index contributed by atoms with van der Waals surface area (Å²) < 4.78 is 2.19. The maximum atomic E-state index is 6.14. The first-order chi connectivity index (χ1) is 12.2. The topological polar surface area (TPSA) is 56.7 Å². The third-order valence-electron chi connectivity index (χ3n) is 4.29. The number of nitrogens with zero attached hydrogens (tertiary/aromatic N) is 3. The number of pyridine rings is 2. The molecule has 25 heavy (non-hydrogen) atoms. The van der Waals surface area contributed by atoms with E-state index in [1.807, 2.05) is 37.4 Å². The molecule has 0 bridgehead atoms. The van der Waals surface area contributed by atoms with Gasteiger partial charge >= 0.3 is 0 Å². The normalized spacial score (nSPS) is 11.1. The molecule has 3 heterocycles. The van der Waals surface area contributed by atoms with Crippen LogP contribution in [0.25, 0.3) is 27.8 Å². The second-order valence-electron chi connectivity index (χ2n) is 5.99. The number of hydrogen-bond donors (Lipinski definition) is 1. The molecule has 5 heteroatoms. The number of fused-ring (bicyclic) bond motifs is 1. The third kappa shape index (κ3) is 2.75. The van der Waals surface area contributed by atoms with E-state index >= 15 is 0 Å². The average Bonchev–Trinajstić information content (AvgIpc) is 3.00. The van der Waals surface area contributed by atoms with Gasteiger partial charge in [-0.05, 0) is 48.9 Å². The number of halogens is 1. The molecule has 0 atom stereocenters. The predicted molar refractivity (Wildman–Crippen MR) is 103 cm³/mol. The van der Waals surface area contributed by atoms with Gasteiger partial charge in [0.05, 0.1) is 11.2 Å². The summed E-state index contributed by atoms with van der Waals surface area (Å²) in [5.41, 5.74) is 12.2. The van der Waals surface area contributed by atoms with Gasteiger partial charge in [-0.2, -0.15) is 0 Å². The van der Waals surface area contributed by atoms with E-state index in [0.717, 1.165) is 39.1 Å². The van der Waals surface area contributed by atoms with Gasteiger partial charge in [0.2, 0.25) is 0 Å². The van der Waals surface area contributed by atoms with Gasteiger partial charge in [0, 0.05) is 40.6 Å². The molecule has 0 radical (unpaired) electrons. The minimum Gasteiger partial charge on any atom is -0.383 e. The molecular formula is C20H17ClN4. The Morgan fingerprint density at radius 2 is 1.88 bits per heavy atom. The molecule has 4 rings (SSSR count). The number of aromatic nitrogens is 3. The molecular weight excluding hydrogens is 332 g/mol. The fourth-order valence-electron chi connectivity index (χ4n) is 3.05. The van der Waals surface area contributed by atoms with Crippen LogP contribution in [-0.4, -0.2) is 14.5 Å². The summed E-state index contributed by atoms with van der Waals surface area (Å²) in [4.78, 5) is 8.66. The van der Waals surface area contributed by atoms with Crippen LogP contribution in [0.15, 0.2) is 60.9 Å². The SMILES string of the molecule is Cc1cc2c(cn1)cc(-c1cccnc1N)n2-c1ccc(CCl)cc1. The van der Waals surface area contributed by atoms with E-state index in [4.69, 9.17) is 17.3 Å². The Hall–Kier alpha value is -2.85. The van der Waals surface area contributed by atoms with Crippen LogP contribution in [-0.2, 0) is 5.88 Å². The maximum absolute atomic E-state index is 6.14. The van der Waals surface area contributed by atoms with Crippen LogP contribution in [0.4, 0.5) is 5.82 Å². The Morgan fingerprint density at radius 3 is 2.60 bits per heavy atom.